The summed E-state index contributed by atoms with van der Waals surface area (Å²) in [5, 5.41) is 10.4. The van der Waals surface area contributed by atoms with Crippen molar-refractivity contribution in [3.8, 4) is 10.8 Å². The molecular weight excluding hydrogens is 258 g/mol. The molecule has 2 aromatic heterocycles. The van der Waals surface area contributed by atoms with Crippen molar-refractivity contribution in [1.82, 2.24) is 15.1 Å². The predicted octanol–water partition coefficient (Wildman–Crippen LogP) is 3.59. The maximum Gasteiger partial charge on any atom is 0.257 e. The van der Waals surface area contributed by atoms with Crippen molar-refractivity contribution in [2.24, 2.45) is 5.92 Å². The summed E-state index contributed by atoms with van der Waals surface area (Å²) in [7, 11) is 0. The quantitative estimate of drug-likeness (QED) is 0.859. The first-order chi connectivity index (χ1) is 9.24. The molecule has 0 spiro atoms. The third kappa shape index (κ3) is 2.72. The number of hydrogen-bond donors (Lipinski definition) is 0. The van der Waals surface area contributed by atoms with E-state index in [1.165, 1.54) is 12.8 Å². The van der Waals surface area contributed by atoms with E-state index in [1.54, 1.807) is 11.3 Å². The molecule has 19 heavy (non-hydrogen) atoms. The Balaban J connectivity index is 1.75. The zero-order valence-electron chi connectivity index (χ0n) is 11.4. The minimum Gasteiger partial charge on any atom is -0.418 e. The Morgan fingerprint density at radius 3 is 3.11 bits per heavy atom. The third-order valence-electron chi connectivity index (χ3n) is 3.77. The molecule has 0 N–H and O–H groups in total. The van der Waals surface area contributed by atoms with E-state index in [0.717, 1.165) is 29.8 Å². The fourth-order valence-electron chi connectivity index (χ4n) is 2.64. The van der Waals surface area contributed by atoms with Crippen molar-refractivity contribution in [3.63, 3.8) is 0 Å². The molecule has 0 amide bonds. The highest BCUT2D eigenvalue weighted by molar-refractivity contribution is 7.13. The zero-order valence-corrected chi connectivity index (χ0v) is 12.2. The number of likely N-dealkylation sites (tertiary alicyclic amines) is 1. The summed E-state index contributed by atoms with van der Waals surface area (Å²) in [5.74, 6) is 2.13. The summed E-state index contributed by atoms with van der Waals surface area (Å²) in [6.07, 6.45) is 2.59. The summed E-state index contributed by atoms with van der Waals surface area (Å²) in [6, 6.07) is 4.22. The van der Waals surface area contributed by atoms with Crippen LogP contribution in [-0.4, -0.2) is 28.2 Å². The van der Waals surface area contributed by atoms with Crippen LogP contribution >= 0.6 is 11.3 Å². The van der Waals surface area contributed by atoms with Gasteiger partial charge in [0, 0.05) is 6.54 Å². The van der Waals surface area contributed by atoms with E-state index < -0.39 is 0 Å². The molecule has 1 saturated heterocycles. The largest absolute Gasteiger partial charge is 0.418 e. The Bertz CT molecular complexity index is 523. The Kier molecular flexibility index (Phi) is 3.66. The van der Waals surface area contributed by atoms with E-state index in [9.17, 15) is 0 Å². The van der Waals surface area contributed by atoms with Crippen molar-refractivity contribution < 1.29 is 4.42 Å². The second kappa shape index (κ2) is 5.43. The van der Waals surface area contributed by atoms with Gasteiger partial charge in [0.05, 0.1) is 10.9 Å². The van der Waals surface area contributed by atoms with Crippen LogP contribution in [0.2, 0.25) is 0 Å². The highest BCUT2D eigenvalue weighted by atomic mass is 32.1. The van der Waals surface area contributed by atoms with Gasteiger partial charge in [0.15, 0.2) is 0 Å². The van der Waals surface area contributed by atoms with Crippen LogP contribution < -0.4 is 0 Å². The fraction of sp³-hybridized carbons (Fsp3) is 0.571. The first-order valence-corrected chi connectivity index (χ1v) is 7.73. The third-order valence-corrected chi connectivity index (χ3v) is 4.62. The number of nitrogens with zero attached hydrogens (tertiary/aromatic N) is 3. The van der Waals surface area contributed by atoms with Gasteiger partial charge in [-0.3, -0.25) is 4.90 Å². The van der Waals surface area contributed by atoms with Crippen molar-refractivity contribution in [1.29, 1.82) is 0 Å². The van der Waals surface area contributed by atoms with Crippen LogP contribution in [0.3, 0.4) is 0 Å². The molecular formula is C14H19N3OS. The van der Waals surface area contributed by atoms with E-state index in [-0.39, 0.29) is 6.04 Å². The van der Waals surface area contributed by atoms with Crippen LogP contribution in [-0.2, 0) is 0 Å². The number of aromatic nitrogens is 2. The molecule has 0 saturated carbocycles. The van der Waals surface area contributed by atoms with Crippen molar-refractivity contribution >= 4 is 11.3 Å². The van der Waals surface area contributed by atoms with E-state index in [4.69, 9.17) is 4.42 Å². The maximum absolute atomic E-state index is 5.82. The standard InChI is InChI=1S/C14H19N3OS/c1-10-5-3-7-17(9-10)11(2)13-15-16-14(18-13)12-6-4-8-19-12/h4,6,8,10-11H,3,5,7,9H2,1-2H3/t10-,11+/m1/s1. The highest BCUT2D eigenvalue weighted by Crippen LogP contribution is 2.29. The molecule has 0 unspecified atom stereocenters. The van der Waals surface area contributed by atoms with Gasteiger partial charge in [-0.2, -0.15) is 0 Å². The number of thiophene rings is 1. The van der Waals surface area contributed by atoms with Crippen LogP contribution in [0.15, 0.2) is 21.9 Å². The Hall–Kier alpha value is -1.20. The van der Waals surface area contributed by atoms with Gasteiger partial charge in [-0.15, -0.1) is 21.5 Å². The Morgan fingerprint density at radius 1 is 1.47 bits per heavy atom. The Morgan fingerprint density at radius 2 is 2.37 bits per heavy atom. The van der Waals surface area contributed by atoms with Gasteiger partial charge in [-0.05, 0) is 43.7 Å². The lowest BCUT2D eigenvalue weighted by molar-refractivity contribution is 0.122. The van der Waals surface area contributed by atoms with Gasteiger partial charge in [0.1, 0.15) is 0 Å². The molecule has 4 nitrogen and oxygen atoms in total. The van der Waals surface area contributed by atoms with Gasteiger partial charge < -0.3 is 4.42 Å². The average molecular weight is 277 g/mol. The van der Waals surface area contributed by atoms with E-state index in [0.29, 0.717) is 5.89 Å². The summed E-state index contributed by atoms with van der Waals surface area (Å²) >= 11 is 1.63. The summed E-state index contributed by atoms with van der Waals surface area (Å²) < 4.78 is 5.82. The fourth-order valence-corrected chi connectivity index (χ4v) is 3.28. The van der Waals surface area contributed by atoms with Gasteiger partial charge in [0.2, 0.25) is 5.89 Å². The van der Waals surface area contributed by atoms with Gasteiger partial charge in [-0.1, -0.05) is 13.0 Å². The average Bonchev–Trinajstić information content (AvgIpc) is 3.08. The smallest absolute Gasteiger partial charge is 0.257 e. The van der Waals surface area contributed by atoms with Crippen molar-refractivity contribution in [2.75, 3.05) is 13.1 Å². The monoisotopic (exact) mass is 277 g/mol. The molecule has 102 valence electrons. The van der Waals surface area contributed by atoms with Gasteiger partial charge in [0.25, 0.3) is 5.89 Å². The second-order valence-electron chi connectivity index (χ2n) is 5.34. The molecule has 5 heteroatoms. The lowest BCUT2D eigenvalue weighted by Gasteiger charge is -2.33. The Labute approximate surface area is 117 Å². The highest BCUT2D eigenvalue weighted by Gasteiger charge is 2.25. The predicted molar refractivity (Wildman–Crippen MR) is 76.0 cm³/mol. The summed E-state index contributed by atoms with van der Waals surface area (Å²) in [6.45, 7) is 6.72. The molecule has 0 aromatic carbocycles. The van der Waals surface area contributed by atoms with E-state index in [2.05, 4.69) is 28.9 Å². The van der Waals surface area contributed by atoms with Crippen molar-refractivity contribution in [2.45, 2.75) is 32.7 Å². The lowest BCUT2D eigenvalue weighted by atomic mass is 9.99. The van der Waals surface area contributed by atoms with Gasteiger partial charge >= 0.3 is 0 Å². The lowest BCUT2D eigenvalue weighted by Crippen LogP contribution is -2.36. The van der Waals surface area contributed by atoms with Gasteiger partial charge in [-0.25, -0.2) is 0 Å². The molecule has 1 aliphatic rings. The normalized spacial score (nSPS) is 22.5. The molecule has 3 rings (SSSR count). The van der Waals surface area contributed by atoms with Crippen LogP contribution in [0.4, 0.5) is 0 Å². The zero-order chi connectivity index (χ0) is 13.2. The minimum absolute atomic E-state index is 0.212. The second-order valence-corrected chi connectivity index (χ2v) is 6.29. The molecule has 3 heterocycles. The van der Waals surface area contributed by atoms with Crippen LogP contribution in [0.5, 0.6) is 0 Å². The number of rotatable bonds is 3. The molecule has 2 aromatic rings. The molecule has 1 fully saturated rings. The SMILES string of the molecule is C[C@@H]1CCCN([C@@H](C)c2nnc(-c3cccs3)o2)C1. The first kappa shape index (κ1) is 12.8. The molecule has 0 bridgehead atoms. The van der Waals surface area contributed by atoms with Crippen LogP contribution in [0.1, 0.15) is 38.6 Å². The van der Waals surface area contributed by atoms with Crippen LogP contribution in [0, 0.1) is 5.92 Å². The molecule has 2 atom stereocenters. The molecule has 0 radical (unpaired) electrons. The molecule has 1 aliphatic heterocycles. The first-order valence-electron chi connectivity index (χ1n) is 6.85. The van der Waals surface area contributed by atoms with E-state index >= 15 is 0 Å². The van der Waals surface area contributed by atoms with E-state index in [1.807, 2.05) is 17.5 Å². The summed E-state index contributed by atoms with van der Waals surface area (Å²) in [5.41, 5.74) is 0. The molecule has 0 aliphatic carbocycles. The minimum atomic E-state index is 0.212. The van der Waals surface area contributed by atoms with Crippen LogP contribution in [0.25, 0.3) is 10.8 Å². The topological polar surface area (TPSA) is 42.2 Å². The maximum atomic E-state index is 5.82. The summed E-state index contributed by atoms with van der Waals surface area (Å²) in [4.78, 5) is 3.48. The number of hydrogen-bond acceptors (Lipinski definition) is 5. The van der Waals surface area contributed by atoms with Crippen molar-refractivity contribution in [3.05, 3.63) is 23.4 Å². The number of piperidine rings is 1.